The standard InChI is InChI=1S/C4H14N5O3/c5-1-3-7-11-9(10)12-8-4-2-6/h7-8H,1-6H2/q+1. The lowest BCUT2D eigenvalue weighted by molar-refractivity contribution is -1.00. The molecule has 0 spiro atoms. The van der Waals surface area contributed by atoms with Crippen LogP contribution in [0.3, 0.4) is 0 Å². The highest BCUT2D eigenvalue weighted by atomic mass is 17.1. The molecule has 0 aromatic heterocycles. The Morgan fingerprint density at radius 2 is 1.50 bits per heavy atom. The number of rotatable bonds is 8. The molecule has 0 aliphatic rings. The molecular weight excluding hydrogens is 166 g/mol. The summed E-state index contributed by atoms with van der Waals surface area (Å²) in [6.07, 6.45) is 0. The van der Waals surface area contributed by atoms with Crippen LogP contribution in [0.5, 0.6) is 0 Å². The van der Waals surface area contributed by atoms with Gasteiger partial charge in [0.1, 0.15) is 4.91 Å². The van der Waals surface area contributed by atoms with E-state index in [1.807, 2.05) is 0 Å². The Morgan fingerprint density at radius 1 is 1.08 bits per heavy atom. The summed E-state index contributed by atoms with van der Waals surface area (Å²) in [5.41, 5.74) is 14.7. The molecule has 0 aliphatic carbocycles. The van der Waals surface area contributed by atoms with Crippen molar-refractivity contribution in [2.75, 3.05) is 26.2 Å². The second-order valence-electron chi connectivity index (χ2n) is 1.77. The SMILES string of the molecule is NCCNO[N+](=O)ONCCN. The van der Waals surface area contributed by atoms with E-state index in [0.717, 1.165) is 0 Å². The summed E-state index contributed by atoms with van der Waals surface area (Å²) in [5.74, 6) is 0. The summed E-state index contributed by atoms with van der Waals surface area (Å²) in [5, 5.41) is -0.120. The van der Waals surface area contributed by atoms with Gasteiger partial charge >= 0.3 is 5.09 Å². The van der Waals surface area contributed by atoms with Crippen molar-refractivity contribution in [1.82, 2.24) is 11.0 Å². The third-order valence-corrected chi connectivity index (χ3v) is 0.771. The summed E-state index contributed by atoms with van der Waals surface area (Å²) in [6.45, 7) is 1.45. The van der Waals surface area contributed by atoms with Crippen molar-refractivity contribution in [2.24, 2.45) is 11.5 Å². The number of hydrogen-bond donors (Lipinski definition) is 4. The fraction of sp³-hybridized carbons (Fsp3) is 1.00. The minimum Gasteiger partial charge on any atom is -0.329 e. The first-order chi connectivity index (χ1) is 5.81. The minimum atomic E-state index is -0.120. The molecule has 0 aliphatic heterocycles. The molecule has 0 bridgehead atoms. The van der Waals surface area contributed by atoms with E-state index in [-0.39, 0.29) is 5.09 Å². The Balaban J connectivity index is 3.10. The van der Waals surface area contributed by atoms with E-state index < -0.39 is 0 Å². The number of nitrogens with two attached hydrogens (primary N) is 2. The monoisotopic (exact) mass is 180 g/mol. The van der Waals surface area contributed by atoms with Crippen molar-refractivity contribution in [1.29, 1.82) is 0 Å². The van der Waals surface area contributed by atoms with E-state index in [0.29, 0.717) is 26.2 Å². The molecule has 0 heterocycles. The molecule has 8 heteroatoms. The second-order valence-corrected chi connectivity index (χ2v) is 1.77. The van der Waals surface area contributed by atoms with Crippen LogP contribution >= 0.6 is 0 Å². The third-order valence-electron chi connectivity index (χ3n) is 0.771. The van der Waals surface area contributed by atoms with Crippen molar-refractivity contribution >= 4 is 0 Å². The molecule has 72 valence electrons. The normalized spacial score (nSPS) is 9.50. The molecule has 0 atom stereocenters. The predicted octanol–water partition coefficient (Wildman–Crippen LogP) is -2.44. The minimum absolute atomic E-state index is 0.120. The first kappa shape index (κ1) is 11.0. The molecule has 12 heavy (non-hydrogen) atoms. The lowest BCUT2D eigenvalue weighted by Gasteiger charge is -1.94. The van der Waals surface area contributed by atoms with Gasteiger partial charge in [0.15, 0.2) is 0 Å². The Kier molecular flexibility index (Phi) is 7.49. The highest BCUT2D eigenvalue weighted by Crippen LogP contribution is 1.71. The van der Waals surface area contributed by atoms with Crippen molar-refractivity contribution in [3.05, 3.63) is 4.91 Å². The van der Waals surface area contributed by atoms with Gasteiger partial charge in [-0.15, -0.1) is 0 Å². The molecule has 0 fully saturated rings. The average molecular weight is 180 g/mol. The molecule has 8 nitrogen and oxygen atoms in total. The summed E-state index contributed by atoms with van der Waals surface area (Å²) in [7, 11) is 0. The van der Waals surface area contributed by atoms with Crippen LogP contribution in [0, 0.1) is 4.91 Å². The molecule has 6 N–H and O–H groups in total. The van der Waals surface area contributed by atoms with E-state index >= 15 is 0 Å². The highest BCUT2D eigenvalue weighted by molar-refractivity contribution is 4.29. The van der Waals surface area contributed by atoms with E-state index in [4.69, 9.17) is 11.5 Å². The smallest absolute Gasteiger partial charge is 0.329 e. The predicted molar refractivity (Wildman–Crippen MR) is 39.9 cm³/mol. The molecular formula is C4H14N5O3+. The maximum absolute atomic E-state index is 10.5. The molecule has 0 unspecified atom stereocenters. The van der Waals surface area contributed by atoms with Crippen molar-refractivity contribution in [3.8, 4) is 0 Å². The highest BCUT2D eigenvalue weighted by Gasteiger charge is 2.11. The van der Waals surface area contributed by atoms with Crippen LogP contribution in [-0.4, -0.2) is 31.3 Å². The van der Waals surface area contributed by atoms with Gasteiger partial charge in [0.2, 0.25) is 0 Å². The van der Waals surface area contributed by atoms with Crippen molar-refractivity contribution in [2.45, 2.75) is 0 Å². The topological polar surface area (TPSA) is 115 Å². The number of nitrogens with zero attached hydrogens (tertiary/aromatic N) is 1. The van der Waals surface area contributed by atoms with Gasteiger partial charge in [-0.05, 0) is 0 Å². The Hall–Kier alpha value is -0.960. The molecule has 0 aromatic rings. The van der Waals surface area contributed by atoms with E-state index in [2.05, 4.69) is 20.8 Å². The maximum Gasteiger partial charge on any atom is 0.519 e. The first-order valence-corrected chi connectivity index (χ1v) is 3.48. The molecule has 0 saturated carbocycles. The van der Waals surface area contributed by atoms with E-state index in [9.17, 15) is 4.91 Å². The largest absolute Gasteiger partial charge is 0.519 e. The van der Waals surface area contributed by atoms with Gasteiger partial charge in [-0.2, -0.15) is 0 Å². The third kappa shape index (κ3) is 7.15. The van der Waals surface area contributed by atoms with Crippen LogP contribution < -0.4 is 22.4 Å². The maximum atomic E-state index is 10.5. The lowest BCUT2D eigenvalue weighted by Crippen LogP contribution is -2.32. The zero-order chi connectivity index (χ0) is 9.23. The summed E-state index contributed by atoms with van der Waals surface area (Å²) in [4.78, 5) is 19.0. The summed E-state index contributed by atoms with van der Waals surface area (Å²) >= 11 is 0. The zero-order valence-electron chi connectivity index (χ0n) is 6.66. The van der Waals surface area contributed by atoms with Gasteiger partial charge in [0, 0.05) is 13.1 Å². The number of hydroxylamine groups is 2. The van der Waals surface area contributed by atoms with Crippen LogP contribution in [0.2, 0.25) is 0 Å². The Labute approximate surface area is 69.6 Å². The zero-order valence-corrected chi connectivity index (χ0v) is 6.66. The Morgan fingerprint density at radius 3 is 1.83 bits per heavy atom. The fourth-order valence-corrected chi connectivity index (χ4v) is 0.333. The van der Waals surface area contributed by atoms with Gasteiger partial charge in [0.05, 0.1) is 13.1 Å². The van der Waals surface area contributed by atoms with Crippen LogP contribution in [0.4, 0.5) is 0 Å². The van der Waals surface area contributed by atoms with Gasteiger partial charge in [-0.25, -0.2) is 0 Å². The van der Waals surface area contributed by atoms with Crippen molar-refractivity contribution in [3.63, 3.8) is 0 Å². The fourth-order valence-electron chi connectivity index (χ4n) is 0.333. The van der Waals surface area contributed by atoms with E-state index in [1.165, 1.54) is 0 Å². The number of hydrogen-bond acceptors (Lipinski definition) is 7. The summed E-state index contributed by atoms with van der Waals surface area (Å²) < 4.78 is 0. The first-order valence-electron chi connectivity index (χ1n) is 3.48. The van der Waals surface area contributed by atoms with Gasteiger partial charge < -0.3 is 11.5 Å². The van der Waals surface area contributed by atoms with Crippen LogP contribution in [0.15, 0.2) is 0 Å². The molecule has 0 saturated heterocycles. The van der Waals surface area contributed by atoms with Gasteiger partial charge in [-0.3, -0.25) is 0 Å². The van der Waals surface area contributed by atoms with Crippen LogP contribution in [0.25, 0.3) is 0 Å². The van der Waals surface area contributed by atoms with Crippen LogP contribution in [0.1, 0.15) is 0 Å². The van der Waals surface area contributed by atoms with Gasteiger partial charge in [-0.1, -0.05) is 20.8 Å². The summed E-state index contributed by atoms with van der Waals surface area (Å²) in [6, 6.07) is 0. The van der Waals surface area contributed by atoms with Crippen LogP contribution in [-0.2, 0) is 9.88 Å². The molecule has 0 rings (SSSR count). The Bertz CT molecular complexity index is 109. The average Bonchev–Trinajstić information content (AvgIpc) is 2.06. The van der Waals surface area contributed by atoms with E-state index in [1.54, 1.807) is 0 Å². The lowest BCUT2D eigenvalue weighted by atomic mass is 10.7. The van der Waals surface area contributed by atoms with Gasteiger partial charge in [0.25, 0.3) is 0 Å². The molecule has 0 amide bonds. The number of nitrogens with one attached hydrogen (secondary N) is 2. The molecule has 0 aromatic carbocycles. The van der Waals surface area contributed by atoms with Crippen molar-refractivity contribution < 1.29 is 15.0 Å². The quantitative estimate of drug-likeness (QED) is 0.242. The second kappa shape index (κ2) is 8.14. The molecule has 0 radical (unpaired) electrons.